The number of esters is 2. The molecule has 140 valence electrons. The van der Waals surface area contributed by atoms with Gasteiger partial charge < -0.3 is 28.4 Å². The molecular formula is C15H20O10. The van der Waals surface area contributed by atoms with Crippen molar-refractivity contribution in [3.8, 4) is 0 Å². The Kier molecular flexibility index (Phi) is 6.05. The number of carbonyl (C=O) groups is 4. The Morgan fingerprint density at radius 1 is 1.04 bits per heavy atom. The zero-order chi connectivity index (χ0) is 18.4. The van der Waals surface area contributed by atoms with E-state index in [0.717, 1.165) is 0 Å². The minimum atomic E-state index is -1.09. The van der Waals surface area contributed by atoms with E-state index in [9.17, 15) is 19.2 Å². The Morgan fingerprint density at radius 2 is 1.56 bits per heavy atom. The van der Waals surface area contributed by atoms with Crippen LogP contribution < -0.4 is 0 Å². The summed E-state index contributed by atoms with van der Waals surface area (Å²) in [6.45, 7) is 3.05. The minimum Gasteiger partial charge on any atom is -0.462 e. The molecule has 10 heteroatoms. The van der Waals surface area contributed by atoms with Gasteiger partial charge in [0, 0.05) is 0 Å². The fourth-order valence-electron chi connectivity index (χ4n) is 2.13. The van der Waals surface area contributed by atoms with Gasteiger partial charge in [-0.25, -0.2) is 9.59 Å². The van der Waals surface area contributed by atoms with Gasteiger partial charge in [-0.1, -0.05) is 6.92 Å². The first-order valence-corrected chi connectivity index (χ1v) is 7.82. The van der Waals surface area contributed by atoms with E-state index in [1.165, 1.54) is 0 Å². The molecule has 0 aromatic heterocycles. The van der Waals surface area contributed by atoms with Gasteiger partial charge in [-0.15, -0.1) is 0 Å². The molecule has 2 heterocycles. The Hall–Kier alpha value is -2.52. The Labute approximate surface area is 143 Å². The van der Waals surface area contributed by atoms with Crippen LogP contribution in [0.15, 0.2) is 0 Å². The van der Waals surface area contributed by atoms with E-state index >= 15 is 0 Å². The van der Waals surface area contributed by atoms with Crippen LogP contribution in [0.25, 0.3) is 0 Å². The molecule has 0 aromatic carbocycles. The van der Waals surface area contributed by atoms with Crippen LogP contribution in [0, 0.1) is 5.41 Å². The molecule has 0 amide bonds. The maximum Gasteiger partial charge on any atom is 0.508 e. The third-order valence-electron chi connectivity index (χ3n) is 3.94. The highest BCUT2D eigenvalue weighted by Crippen LogP contribution is 2.28. The van der Waals surface area contributed by atoms with Crippen molar-refractivity contribution in [2.45, 2.75) is 38.9 Å². The fourth-order valence-corrected chi connectivity index (χ4v) is 2.13. The van der Waals surface area contributed by atoms with Gasteiger partial charge in [0.25, 0.3) is 0 Å². The highest BCUT2D eigenvalue weighted by Gasteiger charge is 2.38. The Morgan fingerprint density at radius 3 is 2.00 bits per heavy atom. The van der Waals surface area contributed by atoms with Crippen molar-refractivity contribution >= 4 is 24.2 Å². The van der Waals surface area contributed by atoms with Gasteiger partial charge in [-0.3, -0.25) is 9.59 Å². The van der Waals surface area contributed by atoms with E-state index in [0.29, 0.717) is 6.42 Å². The van der Waals surface area contributed by atoms with Gasteiger partial charge in [-0.2, -0.15) is 0 Å². The van der Waals surface area contributed by atoms with Gasteiger partial charge in [0.2, 0.25) is 0 Å². The largest absolute Gasteiger partial charge is 0.508 e. The predicted octanol–water partition coefficient (Wildman–Crippen LogP) is 0.950. The number of rotatable bonds is 8. The molecule has 3 atom stereocenters. The second-order valence-electron chi connectivity index (χ2n) is 5.97. The van der Waals surface area contributed by atoms with Crippen molar-refractivity contribution < 1.29 is 47.6 Å². The molecule has 10 nitrogen and oxygen atoms in total. The zero-order valence-electron chi connectivity index (χ0n) is 14.0. The van der Waals surface area contributed by atoms with Crippen LogP contribution in [0.5, 0.6) is 0 Å². The third kappa shape index (κ3) is 5.23. The number of hydrogen-bond acceptors (Lipinski definition) is 10. The lowest BCUT2D eigenvalue weighted by Gasteiger charge is -2.25. The van der Waals surface area contributed by atoms with Crippen molar-refractivity contribution in [1.29, 1.82) is 0 Å². The van der Waals surface area contributed by atoms with Crippen LogP contribution in [0.4, 0.5) is 9.59 Å². The molecule has 0 radical (unpaired) electrons. The maximum atomic E-state index is 12.3. The van der Waals surface area contributed by atoms with Crippen molar-refractivity contribution in [2.75, 3.05) is 26.4 Å². The van der Waals surface area contributed by atoms with Crippen molar-refractivity contribution in [3.05, 3.63) is 0 Å². The molecule has 0 bridgehead atoms. The average Bonchev–Trinajstić information content (AvgIpc) is 3.18. The quantitative estimate of drug-likeness (QED) is 0.456. The first-order chi connectivity index (χ1) is 11.8. The molecule has 2 saturated heterocycles. The lowest BCUT2D eigenvalue weighted by molar-refractivity contribution is -0.164. The molecule has 0 N–H and O–H groups in total. The molecule has 2 aliphatic rings. The molecule has 0 spiro atoms. The Bertz CT molecular complexity index is 544. The van der Waals surface area contributed by atoms with E-state index in [1.54, 1.807) is 13.8 Å². The highest BCUT2D eigenvalue weighted by atomic mass is 16.8. The smallest absolute Gasteiger partial charge is 0.462 e. The number of ether oxygens (including phenoxy) is 6. The van der Waals surface area contributed by atoms with Crippen LogP contribution in [-0.4, -0.2) is 62.9 Å². The third-order valence-corrected chi connectivity index (χ3v) is 3.94. The summed E-state index contributed by atoms with van der Waals surface area (Å²) < 4.78 is 28.8. The van der Waals surface area contributed by atoms with E-state index < -0.39 is 41.9 Å². The summed E-state index contributed by atoms with van der Waals surface area (Å²) in [5.41, 5.74) is -1.09. The monoisotopic (exact) mass is 360 g/mol. The fraction of sp³-hybridized carbons (Fsp3) is 0.733. The molecule has 0 aromatic rings. The molecule has 2 rings (SSSR count). The summed E-state index contributed by atoms with van der Waals surface area (Å²) in [4.78, 5) is 45.8. The summed E-state index contributed by atoms with van der Waals surface area (Å²) in [5.74, 6) is -1.23. The standard InChI is InChI=1S/C15H20O10/c1-3-15(2,12(17)21-6-10-8-23-14(19)25-10)4-11(16)20-5-9-7-22-13(18)24-9/h9-10H,3-8H2,1-2H3. The molecule has 25 heavy (non-hydrogen) atoms. The molecule has 3 unspecified atom stereocenters. The van der Waals surface area contributed by atoms with Gasteiger partial charge in [-0.05, 0) is 13.3 Å². The summed E-state index contributed by atoms with van der Waals surface area (Å²) in [6, 6.07) is 0. The van der Waals surface area contributed by atoms with E-state index in [1.807, 2.05) is 0 Å². The van der Waals surface area contributed by atoms with E-state index in [-0.39, 0.29) is 32.8 Å². The van der Waals surface area contributed by atoms with Crippen LogP contribution in [0.2, 0.25) is 0 Å². The van der Waals surface area contributed by atoms with Gasteiger partial charge in [0.15, 0.2) is 12.2 Å². The number of cyclic esters (lactones) is 4. The lowest BCUT2D eigenvalue weighted by Crippen LogP contribution is -2.35. The minimum absolute atomic E-state index is 0.0131. The molecule has 2 fully saturated rings. The van der Waals surface area contributed by atoms with Crippen LogP contribution in [0.1, 0.15) is 26.7 Å². The SMILES string of the molecule is CCC(C)(CC(=O)OCC1COC(=O)O1)C(=O)OCC1COC(=O)O1. The molecular weight excluding hydrogens is 340 g/mol. The second-order valence-corrected chi connectivity index (χ2v) is 5.97. The zero-order valence-corrected chi connectivity index (χ0v) is 14.0. The van der Waals surface area contributed by atoms with Crippen LogP contribution >= 0.6 is 0 Å². The molecule has 0 saturated carbocycles. The first-order valence-electron chi connectivity index (χ1n) is 7.82. The highest BCUT2D eigenvalue weighted by molar-refractivity contribution is 5.83. The number of hydrogen-bond donors (Lipinski definition) is 0. The normalized spacial score (nSPS) is 24.4. The molecule has 2 aliphatic heterocycles. The maximum absolute atomic E-state index is 12.3. The topological polar surface area (TPSA) is 124 Å². The van der Waals surface area contributed by atoms with Crippen LogP contribution in [-0.2, 0) is 38.0 Å². The van der Waals surface area contributed by atoms with E-state index in [2.05, 4.69) is 9.47 Å². The van der Waals surface area contributed by atoms with Gasteiger partial charge in [0.1, 0.15) is 26.4 Å². The first kappa shape index (κ1) is 18.8. The van der Waals surface area contributed by atoms with Crippen LogP contribution in [0.3, 0.4) is 0 Å². The number of carbonyl (C=O) groups excluding carboxylic acids is 4. The summed E-state index contributed by atoms with van der Waals surface area (Å²) >= 11 is 0. The predicted molar refractivity (Wildman–Crippen MR) is 77.4 cm³/mol. The van der Waals surface area contributed by atoms with Gasteiger partial charge in [0.05, 0.1) is 11.8 Å². The average molecular weight is 360 g/mol. The summed E-state index contributed by atoms with van der Waals surface area (Å²) in [6.07, 6.45) is -2.78. The van der Waals surface area contributed by atoms with Crippen molar-refractivity contribution in [2.24, 2.45) is 5.41 Å². The van der Waals surface area contributed by atoms with Crippen molar-refractivity contribution in [3.63, 3.8) is 0 Å². The van der Waals surface area contributed by atoms with Crippen molar-refractivity contribution in [1.82, 2.24) is 0 Å². The van der Waals surface area contributed by atoms with Gasteiger partial charge >= 0.3 is 24.2 Å². The lowest BCUT2D eigenvalue weighted by atomic mass is 9.84. The van der Waals surface area contributed by atoms with E-state index in [4.69, 9.17) is 18.9 Å². The Balaban J connectivity index is 1.76. The molecule has 0 aliphatic carbocycles. The summed E-state index contributed by atoms with van der Waals surface area (Å²) in [5, 5.41) is 0. The summed E-state index contributed by atoms with van der Waals surface area (Å²) in [7, 11) is 0. The second kappa shape index (κ2) is 8.04.